The molecule has 1 aromatic rings. The van der Waals surface area contributed by atoms with Crippen LogP contribution in [0.2, 0.25) is 0 Å². The van der Waals surface area contributed by atoms with E-state index >= 15 is 0 Å². The Bertz CT molecular complexity index is 547. The van der Waals surface area contributed by atoms with Crippen LogP contribution in [0.1, 0.15) is 27.7 Å². The molecule has 0 unspecified atom stereocenters. The number of hydrogen-bond donors (Lipinski definition) is 5. The summed E-state index contributed by atoms with van der Waals surface area (Å²) in [5.74, 6) is -0.516. The third-order valence-electron chi connectivity index (χ3n) is 2.62. The molecule has 0 bridgehead atoms. The van der Waals surface area contributed by atoms with Crippen LogP contribution >= 0.6 is 11.6 Å². The maximum atomic E-state index is 11.8. The first kappa shape index (κ1) is 11.8. The van der Waals surface area contributed by atoms with Crippen LogP contribution in [0, 0.1) is 5.41 Å². The summed E-state index contributed by atoms with van der Waals surface area (Å²) in [6.45, 7) is -0.511. The summed E-state index contributed by atoms with van der Waals surface area (Å²) >= 11 is 5.77. The highest BCUT2D eigenvalue weighted by Crippen LogP contribution is 2.31. The number of aromatic nitrogens is 1. The van der Waals surface area contributed by atoms with E-state index < -0.39 is 18.5 Å². The van der Waals surface area contributed by atoms with Crippen LogP contribution in [-0.4, -0.2) is 33.3 Å². The number of ketones is 1. The van der Waals surface area contributed by atoms with Crippen molar-refractivity contribution < 1.29 is 15.0 Å². The predicted octanol–water partition coefficient (Wildman–Crippen LogP) is 0.0137. The molecular formula is C10H10ClN3O3. The fraction of sp³-hybridized carbons (Fsp3) is 0.200. The van der Waals surface area contributed by atoms with Gasteiger partial charge in [0, 0.05) is 17.3 Å². The fourth-order valence-electron chi connectivity index (χ4n) is 1.73. The van der Waals surface area contributed by atoms with E-state index in [0.717, 1.165) is 0 Å². The summed E-state index contributed by atoms with van der Waals surface area (Å²) in [6.07, 6.45) is 0.188. The Balaban J connectivity index is 2.63. The third kappa shape index (κ3) is 1.57. The molecule has 90 valence electrons. The topological polar surface area (TPSA) is 123 Å². The number of fused-ring (bicyclic) bond motifs is 1. The molecule has 6 nitrogen and oxygen atoms in total. The van der Waals surface area contributed by atoms with E-state index in [0.29, 0.717) is 0 Å². The smallest absolute Gasteiger partial charge is 0.227 e. The minimum absolute atomic E-state index is 0.111. The number of nitrogens with one attached hydrogen (secondary N) is 2. The highest BCUT2D eigenvalue weighted by atomic mass is 35.5. The van der Waals surface area contributed by atoms with Gasteiger partial charge >= 0.3 is 0 Å². The second kappa shape index (κ2) is 3.99. The van der Waals surface area contributed by atoms with Crippen molar-refractivity contribution >= 4 is 23.1 Å². The van der Waals surface area contributed by atoms with Gasteiger partial charge in [-0.3, -0.25) is 10.2 Å². The molecule has 0 aliphatic heterocycles. The molecule has 0 radical (unpaired) electrons. The largest absolute Gasteiger partial charge is 0.394 e. The summed E-state index contributed by atoms with van der Waals surface area (Å²) < 4.78 is 0. The van der Waals surface area contributed by atoms with Crippen molar-refractivity contribution in [3.63, 3.8) is 0 Å². The van der Waals surface area contributed by atoms with Crippen LogP contribution < -0.4 is 5.73 Å². The first-order chi connectivity index (χ1) is 7.99. The number of carbonyl (C=O) groups excluding carboxylic acids is 1. The Hall–Kier alpha value is -1.63. The lowest BCUT2D eigenvalue weighted by Crippen LogP contribution is -2.25. The first-order valence-corrected chi connectivity index (χ1v) is 5.16. The number of rotatable bonds is 2. The van der Waals surface area contributed by atoms with E-state index in [1.54, 1.807) is 0 Å². The van der Waals surface area contributed by atoms with Gasteiger partial charge in [-0.05, 0) is 0 Å². The number of aliphatic hydroxyl groups excluding tert-OH is 2. The summed E-state index contributed by atoms with van der Waals surface area (Å²) in [7, 11) is 0. The molecule has 0 spiro atoms. The van der Waals surface area contributed by atoms with Gasteiger partial charge in [-0.25, -0.2) is 0 Å². The zero-order chi connectivity index (χ0) is 12.7. The highest BCUT2D eigenvalue weighted by Gasteiger charge is 2.32. The second-order valence-corrected chi connectivity index (χ2v) is 4.00. The molecule has 7 heteroatoms. The van der Waals surface area contributed by atoms with Crippen LogP contribution in [0.4, 0.5) is 0 Å². The molecule has 1 heterocycles. The zero-order valence-electron chi connectivity index (χ0n) is 8.62. The molecule has 0 saturated heterocycles. The Morgan fingerprint density at radius 3 is 2.82 bits per heavy atom. The Kier molecular flexibility index (Phi) is 2.78. The van der Waals surface area contributed by atoms with E-state index in [1.807, 2.05) is 0 Å². The molecule has 0 amide bonds. The van der Waals surface area contributed by atoms with E-state index in [9.17, 15) is 9.90 Å². The van der Waals surface area contributed by atoms with Crippen molar-refractivity contribution in [3.05, 3.63) is 33.7 Å². The quantitative estimate of drug-likeness (QED) is 0.511. The molecule has 0 fully saturated rings. The number of carbonyl (C=O) groups is 1. The molecular weight excluding hydrogens is 246 g/mol. The van der Waals surface area contributed by atoms with Gasteiger partial charge in [0.05, 0.1) is 23.0 Å². The SMILES string of the molecule is N=C1C(Cl)=C(N)C(=O)c2[nH]cc([C@H](O)CO)c21. The number of Topliss-reactive ketones (excluding diaryl/α,β-unsaturated/α-hetero) is 1. The van der Waals surface area contributed by atoms with Crippen molar-refractivity contribution in [2.24, 2.45) is 5.73 Å². The molecule has 1 aliphatic carbocycles. The standard InChI is InChI=1S/C10H10ClN3O3/c11-6-7(12)5-3(4(16)2-15)1-14-9(5)10(17)8(6)13/h1,4,12,14-16H,2,13H2/t4-/m1/s1. The summed E-state index contributed by atoms with van der Waals surface area (Å²) in [5, 5.41) is 26.1. The Labute approximate surface area is 101 Å². The molecule has 0 saturated carbocycles. The predicted molar refractivity (Wildman–Crippen MR) is 61.1 cm³/mol. The van der Waals surface area contributed by atoms with Crippen molar-refractivity contribution in [2.45, 2.75) is 6.10 Å². The number of aromatic amines is 1. The molecule has 17 heavy (non-hydrogen) atoms. The fourth-order valence-corrected chi connectivity index (χ4v) is 1.91. The number of H-pyrrole nitrogens is 1. The Morgan fingerprint density at radius 1 is 1.59 bits per heavy atom. The van der Waals surface area contributed by atoms with Gasteiger partial charge in [0.25, 0.3) is 0 Å². The maximum Gasteiger partial charge on any atom is 0.227 e. The number of allylic oxidation sites excluding steroid dienone is 2. The van der Waals surface area contributed by atoms with Crippen LogP contribution in [0.3, 0.4) is 0 Å². The van der Waals surface area contributed by atoms with Crippen molar-refractivity contribution in [1.29, 1.82) is 5.41 Å². The molecule has 1 aliphatic rings. The van der Waals surface area contributed by atoms with Gasteiger partial charge < -0.3 is 20.9 Å². The van der Waals surface area contributed by atoms with E-state index in [1.165, 1.54) is 6.20 Å². The van der Waals surface area contributed by atoms with Crippen molar-refractivity contribution in [3.8, 4) is 0 Å². The minimum atomic E-state index is -1.17. The second-order valence-electron chi connectivity index (χ2n) is 3.62. The van der Waals surface area contributed by atoms with Gasteiger partial charge in [-0.2, -0.15) is 0 Å². The normalized spacial score (nSPS) is 17.4. The van der Waals surface area contributed by atoms with Crippen LogP contribution in [-0.2, 0) is 0 Å². The summed E-state index contributed by atoms with van der Waals surface area (Å²) in [5.41, 5.74) is 5.69. The monoisotopic (exact) mass is 255 g/mol. The molecule has 0 aromatic carbocycles. The van der Waals surface area contributed by atoms with Gasteiger partial charge in [0.15, 0.2) is 0 Å². The number of nitrogens with two attached hydrogens (primary N) is 1. The van der Waals surface area contributed by atoms with Crippen LogP contribution in [0.15, 0.2) is 16.9 Å². The number of halogens is 1. The minimum Gasteiger partial charge on any atom is -0.394 e. The van der Waals surface area contributed by atoms with Gasteiger partial charge in [0.2, 0.25) is 5.78 Å². The Morgan fingerprint density at radius 2 is 2.24 bits per heavy atom. The highest BCUT2D eigenvalue weighted by molar-refractivity contribution is 6.50. The summed E-state index contributed by atoms with van der Waals surface area (Å²) in [6, 6.07) is 0. The van der Waals surface area contributed by atoms with Gasteiger partial charge in [-0.15, -0.1) is 0 Å². The van der Waals surface area contributed by atoms with Crippen LogP contribution in [0.5, 0.6) is 0 Å². The number of aliphatic hydroxyl groups is 2. The summed E-state index contributed by atoms with van der Waals surface area (Å²) in [4.78, 5) is 14.4. The average Bonchev–Trinajstić information content (AvgIpc) is 2.77. The lowest BCUT2D eigenvalue weighted by Gasteiger charge is -2.16. The zero-order valence-corrected chi connectivity index (χ0v) is 9.38. The van der Waals surface area contributed by atoms with Gasteiger partial charge in [0.1, 0.15) is 11.8 Å². The molecule has 2 rings (SSSR count). The first-order valence-electron chi connectivity index (χ1n) is 4.78. The van der Waals surface area contributed by atoms with Gasteiger partial charge in [-0.1, -0.05) is 11.6 Å². The van der Waals surface area contributed by atoms with Crippen LogP contribution in [0.25, 0.3) is 0 Å². The number of hydrogen-bond acceptors (Lipinski definition) is 5. The average molecular weight is 256 g/mol. The lowest BCUT2D eigenvalue weighted by atomic mass is 9.94. The van der Waals surface area contributed by atoms with Crippen molar-refractivity contribution in [2.75, 3.05) is 6.61 Å². The molecule has 6 N–H and O–H groups in total. The van der Waals surface area contributed by atoms with E-state index in [2.05, 4.69) is 4.98 Å². The lowest BCUT2D eigenvalue weighted by molar-refractivity contribution is 0.0954. The molecule has 1 atom stereocenters. The van der Waals surface area contributed by atoms with Crippen molar-refractivity contribution in [1.82, 2.24) is 4.98 Å². The maximum absolute atomic E-state index is 11.8. The molecule has 1 aromatic heterocycles. The van der Waals surface area contributed by atoms with E-state index in [-0.39, 0.29) is 33.3 Å². The third-order valence-corrected chi connectivity index (χ3v) is 3.01. The van der Waals surface area contributed by atoms with E-state index in [4.69, 9.17) is 27.9 Å².